The topological polar surface area (TPSA) is 92.5 Å². The van der Waals surface area contributed by atoms with Crippen molar-refractivity contribution in [1.29, 1.82) is 0 Å². The first-order valence-electron chi connectivity index (χ1n) is 11.4. The Kier molecular flexibility index (Phi) is 5.72. The van der Waals surface area contributed by atoms with Gasteiger partial charge in [-0.05, 0) is 49.7 Å². The minimum absolute atomic E-state index is 0.0586. The number of likely N-dealkylation sites (tertiary alicyclic amines) is 1. The number of morpholine rings is 1. The van der Waals surface area contributed by atoms with E-state index in [9.17, 15) is 14.7 Å². The number of hydrogen-bond acceptors (Lipinski definition) is 7. The van der Waals surface area contributed by atoms with Crippen LogP contribution in [0.1, 0.15) is 35.6 Å². The molecule has 0 bridgehead atoms. The monoisotopic (exact) mass is 452 g/mol. The highest BCUT2D eigenvalue weighted by atomic mass is 16.5. The number of ketones is 1. The molecule has 2 fully saturated rings. The van der Waals surface area contributed by atoms with Crippen molar-refractivity contribution in [3.8, 4) is 5.75 Å². The van der Waals surface area contributed by atoms with E-state index >= 15 is 0 Å². The second-order valence-corrected chi connectivity index (χ2v) is 8.85. The normalized spacial score (nSPS) is 24.8. The summed E-state index contributed by atoms with van der Waals surface area (Å²) in [5.74, 6) is 0.410. The van der Waals surface area contributed by atoms with Crippen LogP contribution in [0.25, 0.3) is 5.76 Å². The van der Waals surface area contributed by atoms with Crippen molar-refractivity contribution in [2.24, 2.45) is 0 Å². The number of ether oxygens (including phenoxy) is 2. The van der Waals surface area contributed by atoms with E-state index < -0.39 is 17.7 Å². The Balaban J connectivity index is 1.51. The number of nitrogens with zero attached hydrogens (tertiary/aromatic N) is 2. The number of Topliss-reactive ketones (excluding diaryl/α,β-unsaturated/α-hetero) is 1. The molecule has 0 radical (unpaired) electrons. The van der Waals surface area contributed by atoms with E-state index in [-0.39, 0.29) is 17.4 Å². The number of furan rings is 1. The van der Waals surface area contributed by atoms with Crippen molar-refractivity contribution in [1.82, 2.24) is 9.80 Å². The maximum atomic E-state index is 13.1. The number of amides is 1. The number of fused-ring (bicyclic) bond motifs is 1. The minimum atomic E-state index is -0.775. The molecular weight excluding hydrogens is 424 g/mol. The van der Waals surface area contributed by atoms with Gasteiger partial charge in [-0.2, -0.15) is 0 Å². The Hall–Kier alpha value is -3.10. The lowest BCUT2D eigenvalue weighted by molar-refractivity contribution is -0.140. The summed E-state index contributed by atoms with van der Waals surface area (Å²) >= 11 is 0. The molecule has 0 spiro atoms. The first-order chi connectivity index (χ1) is 15.9. The second-order valence-electron chi connectivity index (χ2n) is 8.85. The number of benzene rings is 1. The first kappa shape index (κ1) is 21.7. The van der Waals surface area contributed by atoms with Crippen LogP contribution in [0.4, 0.5) is 0 Å². The van der Waals surface area contributed by atoms with Crippen LogP contribution in [0, 0.1) is 6.92 Å². The van der Waals surface area contributed by atoms with Gasteiger partial charge in [0, 0.05) is 38.2 Å². The lowest BCUT2D eigenvalue weighted by atomic mass is 9.97. The summed E-state index contributed by atoms with van der Waals surface area (Å²) in [5, 5.41) is 11.2. The molecule has 1 aromatic carbocycles. The minimum Gasteiger partial charge on any atom is -0.507 e. The Morgan fingerprint density at radius 2 is 1.91 bits per heavy atom. The standard InChI is InChI=1S/C25H28N2O6/c1-15-3-5-20(32-15)22-21(23(28)17-4-6-19-18(14-17)13-16(2)33-19)24(29)25(30)27(22)8-7-26-9-11-31-12-10-26/h3-6,14,16,22,28H,7-13H2,1-2H3/b23-21+/t16-,22+/m1/s1. The van der Waals surface area contributed by atoms with Crippen LogP contribution in [0.15, 0.2) is 40.3 Å². The fraction of sp³-hybridized carbons (Fsp3) is 0.440. The molecule has 1 aromatic heterocycles. The molecule has 3 aliphatic rings. The van der Waals surface area contributed by atoms with Gasteiger partial charge in [-0.1, -0.05) is 0 Å². The molecule has 0 unspecified atom stereocenters. The van der Waals surface area contributed by atoms with Gasteiger partial charge in [0.2, 0.25) is 0 Å². The zero-order valence-electron chi connectivity index (χ0n) is 18.9. The van der Waals surface area contributed by atoms with Crippen LogP contribution < -0.4 is 4.74 Å². The molecule has 1 N–H and O–H groups in total. The molecular formula is C25H28N2O6. The van der Waals surface area contributed by atoms with Gasteiger partial charge in [-0.3, -0.25) is 14.5 Å². The van der Waals surface area contributed by atoms with E-state index in [0.717, 1.165) is 30.8 Å². The summed E-state index contributed by atoms with van der Waals surface area (Å²) in [6.45, 7) is 7.63. The lowest BCUT2D eigenvalue weighted by Gasteiger charge is -2.30. The third-order valence-electron chi connectivity index (χ3n) is 6.50. The second kappa shape index (κ2) is 8.68. The molecule has 0 aliphatic carbocycles. The summed E-state index contributed by atoms with van der Waals surface area (Å²) in [5.41, 5.74) is 1.52. The molecule has 0 saturated carbocycles. The molecule has 2 saturated heterocycles. The van der Waals surface area contributed by atoms with E-state index in [1.54, 1.807) is 24.3 Å². The maximum Gasteiger partial charge on any atom is 0.295 e. The van der Waals surface area contributed by atoms with Crippen LogP contribution in [0.5, 0.6) is 5.75 Å². The molecule has 2 atom stereocenters. The zero-order chi connectivity index (χ0) is 23.1. The van der Waals surface area contributed by atoms with Crippen molar-refractivity contribution in [2.75, 3.05) is 39.4 Å². The number of aliphatic hydroxyl groups is 1. The van der Waals surface area contributed by atoms with E-state index in [1.807, 2.05) is 19.9 Å². The number of carbonyl (C=O) groups excluding carboxylic acids is 2. The predicted molar refractivity (Wildman–Crippen MR) is 120 cm³/mol. The fourth-order valence-corrected chi connectivity index (χ4v) is 4.81. The van der Waals surface area contributed by atoms with Crippen molar-refractivity contribution < 1.29 is 28.6 Å². The Morgan fingerprint density at radius 1 is 1.12 bits per heavy atom. The van der Waals surface area contributed by atoms with Gasteiger partial charge in [-0.25, -0.2) is 0 Å². The summed E-state index contributed by atoms with van der Waals surface area (Å²) in [7, 11) is 0. The van der Waals surface area contributed by atoms with Gasteiger partial charge in [0.15, 0.2) is 0 Å². The molecule has 4 heterocycles. The third-order valence-corrected chi connectivity index (χ3v) is 6.50. The van der Waals surface area contributed by atoms with E-state index in [1.165, 1.54) is 4.90 Å². The highest BCUT2D eigenvalue weighted by Gasteiger charge is 2.47. The number of rotatable bonds is 5. The number of aryl methyl sites for hydroxylation is 1. The largest absolute Gasteiger partial charge is 0.507 e. The highest BCUT2D eigenvalue weighted by Crippen LogP contribution is 2.41. The maximum absolute atomic E-state index is 13.1. The van der Waals surface area contributed by atoms with Crippen LogP contribution in [-0.2, 0) is 20.7 Å². The average molecular weight is 453 g/mol. The summed E-state index contributed by atoms with van der Waals surface area (Å²) in [6, 6.07) is 8.14. The molecule has 2 aromatic rings. The van der Waals surface area contributed by atoms with Gasteiger partial charge in [0.1, 0.15) is 35.2 Å². The lowest BCUT2D eigenvalue weighted by Crippen LogP contribution is -2.42. The summed E-state index contributed by atoms with van der Waals surface area (Å²) in [6.07, 6.45) is 0.791. The molecule has 8 heteroatoms. The van der Waals surface area contributed by atoms with E-state index in [2.05, 4.69) is 4.90 Å². The van der Waals surface area contributed by atoms with Gasteiger partial charge >= 0.3 is 0 Å². The molecule has 3 aliphatic heterocycles. The third kappa shape index (κ3) is 4.05. The fourth-order valence-electron chi connectivity index (χ4n) is 4.81. The van der Waals surface area contributed by atoms with Gasteiger partial charge in [0.25, 0.3) is 11.7 Å². The van der Waals surface area contributed by atoms with Crippen LogP contribution in [0.3, 0.4) is 0 Å². The average Bonchev–Trinajstić information content (AvgIpc) is 3.47. The predicted octanol–water partition coefficient (Wildman–Crippen LogP) is 2.67. The van der Waals surface area contributed by atoms with Crippen molar-refractivity contribution >= 4 is 17.4 Å². The summed E-state index contributed by atoms with van der Waals surface area (Å²) in [4.78, 5) is 29.9. The molecule has 33 heavy (non-hydrogen) atoms. The van der Waals surface area contributed by atoms with Gasteiger partial charge < -0.3 is 23.9 Å². The number of carbonyl (C=O) groups is 2. The van der Waals surface area contributed by atoms with Crippen molar-refractivity contribution in [3.05, 3.63) is 58.6 Å². The Labute approximate surface area is 192 Å². The first-order valence-corrected chi connectivity index (χ1v) is 11.4. The summed E-state index contributed by atoms with van der Waals surface area (Å²) < 4.78 is 17.0. The van der Waals surface area contributed by atoms with Crippen LogP contribution in [0.2, 0.25) is 0 Å². The van der Waals surface area contributed by atoms with Crippen LogP contribution >= 0.6 is 0 Å². The van der Waals surface area contributed by atoms with E-state index in [4.69, 9.17) is 13.9 Å². The number of hydrogen-bond donors (Lipinski definition) is 1. The molecule has 5 rings (SSSR count). The molecule has 174 valence electrons. The quantitative estimate of drug-likeness (QED) is 0.424. The molecule has 8 nitrogen and oxygen atoms in total. The van der Waals surface area contributed by atoms with Crippen molar-refractivity contribution in [2.45, 2.75) is 32.4 Å². The number of aliphatic hydroxyl groups excluding tert-OH is 1. The Morgan fingerprint density at radius 3 is 2.64 bits per heavy atom. The Bertz CT molecular complexity index is 1110. The SMILES string of the molecule is Cc1ccc([C@H]2/C(=C(\O)c3ccc4c(c3)C[C@@H](C)O4)C(=O)C(=O)N2CCN2CCOCC2)o1. The highest BCUT2D eigenvalue weighted by molar-refractivity contribution is 6.46. The van der Waals surface area contributed by atoms with Gasteiger partial charge in [0.05, 0.1) is 18.8 Å². The molecule has 1 amide bonds. The smallest absolute Gasteiger partial charge is 0.295 e. The van der Waals surface area contributed by atoms with E-state index in [0.29, 0.717) is 43.4 Å². The van der Waals surface area contributed by atoms with Gasteiger partial charge in [-0.15, -0.1) is 0 Å². The zero-order valence-corrected chi connectivity index (χ0v) is 18.9. The van der Waals surface area contributed by atoms with Crippen LogP contribution in [-0.4, -0.2) is 72.1 Å². The van der Waals surface area contributed by atoms with Crippen molar-refractivity contribution in [3.63, 3.8) is 0 Å².